The van der Waals surface area contributed by atoms with Gasteiger partial charge in [0.15, 0.2) is 0 Å². The summed E-state index contributed by atoms with van der Waals surface area (Å²) in [6.07, 6.45) is 0. The van der Waals surface area contributed by atoms with E-state index in [-0.39, 0.29) is 13.5 Å². The van der Waals surface area contributed by atoms with Gasteiger partial charge in [-0.25, -0.2) is 0 Å². The topological polar surface area (TPSA) is 52.0 Å². The van der Waals surface area contributed by atoms with Crippen molar-refractivity contribution in [1.82, 2.24) is 0 Å². The van der Waals surface area contributed by atoms with Crippen molar-refractivity contribution in [1.29, 1.82) is 0 Å². The van der Waals surface area contributed by atoms with Gasteiger partial charge in [-0.3, -0.25) is 0 Å². The molecule has 50 valence electrons. The van der Waals surface area contributed by atoms with Crippen molar-refractivity contribution in [2.75, 3.05) is 11.5 Å². The zero-order valence-electron chi connectivity index (χ0n) is 4.96. The summed E-state index contributed by atoms with van der Waals surface area (Å²) >= 11 is 0. The van der Waals surface area contributed by atoms with E-state index in [1.54, 1.807) is 12.1 Å². The molecule has 0 aliphatic rings. The fourth-order valence-corrected chi connectivity index (χ4v) is 0.511. The van der Waals surface area contributed by atoms with Crippen molar-refractivity contribution in [2.45, 2.75) is 0 Å². The molecule has 0 amide bonds. The Morgan fingerprint density at radius 1 is 0.889 bits per heavy atom. The van der Waals surface area contributed by atoms with Gasteiger partial charge in [-0.2, -0.15) is 13.5 Å². The molecule has 9 heavy (non-hydrogen) atoms. The van der Waals surface area contributed by atoms with Crippen LogP contribution in [0.1, 0.15) is 0 Å². The quantitative estimate of drug-likeness (QED) is 0.530. The number of nitrogens with two attached hydrogens (primary N) is 2. The molecule has 0 heterocycles. The third kappa shape index (κ3) is 1.85. The number of hydrogen-bond donors (Lipinski definition) is 2. The van der Waals surface area contributed by atoms with Crippen LogP contribution in [0.25, 0.3) is 0 Å². The number of nitrogen functional groups attached to an aromatic ring is 2. The summed E-state index contributed by atoms with van der Waals surface area (Å²) in [6.45, 7) is 0. The van der Waals surface area contributed by atoms with Crippen LogP contribution in [0.2, 0.25) is 0 Å². The van der Waals surface area contributed by atoms with E-state index in [2.05, 4.69) is 0 Å². The predicted molar refractivity (Wildman–Crippen MR) is 45.6 cm³/mol. The molecular formula is C6H10N2S. The van der Waals surface area contributed by atoms with Crippen molar-refractivity contribution in [3.05, 3.63) is 24.3 Å². The third-order valence-electron chi connectivity index (χ3n) is 0.996. The molecule has 0 atom stereocenters. The Bertz CT molecular complexity index is 167. The van der Waals surface area contributed by atoms with E-state index < -0.39 is 0 Å². The first-order valence-corrected chi connectivity index (χ1v) is 2.40. The summed E-state index contributed by atoms with van der Waals surface area (Å²) in [6, 6.07) is 7.25. The van der Waals surface area contributed by atoms with Gasteiger partial charge < -0.3 is 11.5 Å². The zero-order chi connectivity index (χ0) is 5.98. The molecule has 0 saturated heterocycles. The molecule has 0 saturated carbocycles. The van der Waals surface area contributed by atoms with Gasteiger partial charge in [-0.15, -0.1) is 0 Å². The minimum Gasteiger partial charge on any atom is -0.397 e. The second-order valence-electron chi connectivity index (χ2n) is 1.63. The van der Waals surface area contributed by atoms with E-state index in [4.69, 9.17) is 11.5 Å². The van der Waals surface area contributed by atoms with Gasteiger partial charge in [0.1, 0.15) is 0 Å². The maximum atomic E-state index is 5.39. The average molecular weight is 142 g/mol. The lowest BCUT2D eigenvalue weighted by Crippen LogP contribution is -1.91. The predicted octanol–water partition coefficient (Wildman–Crippen LogP) is 0.964. The molecule has 0 spiro atoms. The van der Waals surface area contributed by atoms with E-state index in [1.807, 2.05) is 12.1 Å². The minimum atomic E-state index is 0. The van der Waals surface area contributed by atoms with Crippen LogP contribution in [-0.4, -0.2) is 0 Å². The van der Waals surface area contributed by atoms with E-state index in [1.165, 1.54) is 0 Å². The zero-order valence-corrected chi connectivity index (χ0v) is 5.96. The van der Waals surface area contributed by atoms with Gasteiger partial charge in [-0.1, -0.05) is 12.1 Å². The fourth-order valence-electron chi connectivity index (χ4n) is 0.511. The van der Waals surface area contributed by atoms with Crippen LogP contribution in [0.4, 0.5) is 11.4 Å². The lowest BCUT2D eigenvalue weighted by atomic mass is 10.3. The normalized spacial score (nSPS) is 8.00. The molecule has 0 aliphatic carbocycles. The summed E-state index contributed by atoms with van der Waals surface area (Å²) in [4.78, 5) is 0. The van der Waals surface area contributed by atoms with Crippen LogP contribution < -0.4 is 11.5 Å². The first-order chi connectivity index (χ1) is 3.80. The first-order valence-electron chi connectivity index (χ1n) is 2.40. The molecular weight excluding hydrogens is 132 g/mol. The van der Waals surface area contributed by atoms with Crippen LogP contribution in [0, 0.1) is 0 Å². The molecule has 1 aromatic carbocycles. The fraction of sp³-hybridized carbons (Fsp3) is 0. The largest absolute Gasteiger partial charge is 0.397 e. The van der Waals surface area contributed by atoms with Crippen molar-refractivity contribution < 1.29 is 0 Å². The molecule has 0 fully saturated rings. The molecule has 2 nitrogen and oxygen atoms in total. The van der Waals surface area contributed by atoms with Crippen molar-refractivity contribution in [3.63, 3.8) is 0 Å². The highest BCUT2D eigenvalue weighted by Crippen LogP contribution is 2.10. The Hall–Kier alpha value is -0.830. The highest BCUT2D eigenvalue weighted by atomic mass is 32.1. The summed E-state index contributed by atoms with van der Waals surface area (Å²) < 4.78 is 0. The van der Waals surface area contributed by atoms with E-state index in [9.17, 15) is 0 Å². The minimum absolute atomic E-state index is 0. The highest BCUT2D eigenvalue weighted by molar-refractivity contribution is 7.59. The lowest BCUT2D eigenvalue weighted by Gasteiger charge is -1.94. The second kappa shape index (κ2) is 3.25. The van der Waals surface area contributed by atoms with E-state index in [0.717, 1.165) is 0 Å². The molecule has 0 aliphatic heterocycles. The molecule has 0 aromatic heterocycles. The molecule has 0 radical (unpaired) electrons. The maximum absolute atomic E-state index is 5.39. The van der Waals surface area contributed by atoms with E-state index in [0.29, 0.717) is 11.4 Å². The summed E-state index contributed by atoms with van der Waals surface area (Å²) in [5.41, 5.74) is 12.1. The van der Waals surface area contributed by atoms with Gasteiger partial charge >= 0.3 is 0 Å². The Labute approximate surface area is 61.3 Å². The monoisotopic (exact) mass is 142 g/mol. The SMILES string of the molecule is Nc1ccccc1N.S. The summed E-state index contributed by atoms with van der Waals surface area (Å²) in [5.74, 6) is 0. The number of anilines is 2. The molecule has 0 unspecified atom stereocenters. The second-order valence-corrected chi connectivity index (χ2v) is 1.63. The van der Waals surface area contributed by atoms with Gasteiger partial charge in [0.25, 0.3) is 0 Å². The Morgan fingerprint density at radius 2 is 1.22 bits per heavy atom. The molecule has 0 bridgehead atoms. The van der Waals surface area contributed by atoms with Gasteiger partial charge in [0, 0.05) is 0 Å². The van der Waals surface area contributed by atoms with Gasteiger partial charge in [0.05, 0.1) is 11.4 Å². The van der Waals surface area contributed by atoms with Crippen molar-refractivity contribution in [3.8, 4) is 0 Å². The number of para-hydroxylation sites is 2. The van der Waals surface area contributed by atoms with Crippen molar-refractivity contribution in [2.24, 2.45) is 0 Å². The van der Waals surface area contributed by atoms with Crippen LogP contribution in [0.15, 0.2) is 24.3 Å². The van der Waals surface area contributed by atoms with Crippen LogP contribution in [-0.2, 0) is 0 Å². The first kappa shape index (κ1) is 8.17. The Kier molecular flexibility index (Phi) is 2.95. The smallest absolute Gasteiger partial charge is 0.0547 e. The molecule has 4 N–H and O–H groups in total. The number of rotatable bonds is 0. The standard InChI is InChI=1S/C6H8N2.H2S/c7-5-3-1-2-4-6(5)8;/h1-4H,7-8H2;1H2. The molecule has 3 heteroatoms. The Balaban J connectivity index is 0.000000640. The third-order valence-corrected chi connectivity index (χ3v) is 0.996. The summed E-state index contributed by atoms with van der Waals surface area (Å²) in [5, 5.41) is 0. The van der Waals surface area contributed by atoms with Crippen molar-refractivity contribution >= 4 is 24.9 Å². The van der Waals surface area contributed by atoms with Crippen LogP contribution >= 0.6 is 13.5 Å². The number of benzene rings is 1. The van der Waals surface area contributed by atoms with Crippen LogP contribution in [0.5, 0.6) is 0 Å². The van der Waals surface area contributed by atoms with E-state index >= 15 is 0 Å². The lowest BCUT2D eigenvalue weighted by molar-refractivity contribution is 1.67. The summed E-state index contributed by atoms with van der Waals surface area (Å²) in [7, 11) is 0. The van der Waals surface area contributed by atoms with Crippen LogP contribution in [0.3, 0.4) is 0 Å². The molecule has 1 aromatic rings. The highest BCUT2D eigenvalue weighted by Gasteiger charge is 1.85. The average Bonchev–Trinajstić information content (AvgIpc) is 1.77. The van der Waals surface area contributed by atoms with Gasteiger partial charge in [0.2, 0.25) is 0 Å². The van der Waals surface area contributed by atoms with Gasteiger partial charge in [-0.05, 0) is 12.1 Å². The maximum Gasteiger partial charge on any atom is 0.0547 e. The molecule has 1 rings (SSSR count). The number of hydrogen-bond acceptors (Lipinski definition) is 2. The Morgan fingerprint density at radius 3 is 1.44 bits per heavy atom.